The van der Waals surface area contributed by atoms with Gasteiger partial charge in [-0.05, 0) is 37.0 Å². The van der Waals surface area contributed by atoms with E-state index in [1.807, 2.05) is 53.4 Å². The number of anilines is 1. The second-order valence-corrected chi connectivity index (χ2v) is 6.57. The molecule has 0 aliphatic carbocycles. The van der Waals surface area contributed by atoms with Crippen LogP contribution in [0.4, 0.5) is 10.5 Å². The van der Waals surface area contributed by atoms with Gasteiger partial charge < -0.3 is 15.5 Å². The van der Waals surface area contributed by atoms with E-state index in [1.165, 1.54) is 0 Å². The first-order valence-corrected chi connectivity index (χ1v) is 8.77. The molecular weight excluding hydrogens is 314 g/mol. The summed E-state index contributed by atoms with van der Waals surface area (Å²) in [5.41, 5.74) is 3.49. The van der Waals surface area contributed by atoms with E-state index in [2.05, 4.69) is 10.6 Å². The topological polar surface area (TPSA) is 61.4 Å². The molecule has 1 fully saturated rings. The lowest BCUT2D eigenvalue weighted by atomic mass is 9.96. The number of rotatable bonds is 3. The summed E-state index contributed by atoms with van der Waals surface area (Å²) in [5, 5.41) is 5.81. The average Bonchev–Trinajstić information content (AvgIpc) is 2.95. The van der Waals surface area contributed by atoms with Crippen LogP contribution in [0.15, 0.2) is 48.5 Å². The van der Waals surface area contributed by atoms with Gasteiger partial charge in [0, 0.05) is 29.9 Å². The quantitative estimate of drug-likeness (QED) is 0.898. The number of hydrogen-bond donors (Lipinski definition) is 2. The van der Waals surface area contributed by atoms with E-state index in [0.29, 0.717) is 6.54 Å². The lowest BCUT2D eigenvalue weighted by molar-refractivity contribution is 0.0672. The summed E-state index contributed by atoms with van der Waals surface area (Å²) in [6.45, 7) is 1.27. The van der Waals surface area contributed by atoms with Gasteiger partial charge in [0.05, 0.1) is 6.04 Å². The number of hydrogen-bond acceptors (Lipinski definition) is 2. The average molecular weight is 335 g/mol. The molecule has 0 radical (unpaired) electrons. The van der Waals surface area contributed by atoms with Gasteiger partial charge in [-0.3, -0.25) is 4.79 Å². The van der Waals surface area contributed by atoms with Crippen molar-refractivity contribution in [3.05, 3.63) is 65.2 Å². The Bertz CT molecular complexity index is 804. The Balaban J connectivity index is 1.50. The molecule has 2 heterocycles. The molecule has 2 N–H and O–H groups in total. The molecule has 4 rings (SSSR count). The van der Waals surface area contributed by atoms with Gasteiger partial charge in [-0.1, -0.05) is 36.4 Å². The monoisotopic (exact) mass is 335 g/mol. The van der Waals surface area contributed by atoms with Gasteiger partial charge in [-0.25, -0.2) is 4.79 Å². The molecule has 1 atom stereocenters. The van der Waals surface area contributed by atoms with Crippen LogP contribution in [0.2, 0.25) is 0 Å². The molecule has 2 aliphatic rings. The highest BCUT2D eigenvalue weighted by molar-refractivity contribution is 6.02. The molecule has 0 spiro atoms. The predicted molar refractivity (Wildman–Crippen MR) is 96.4 cm³/mol. The lowest BCUT2D eigenvalue weighted by Gasteiger charge is -2.30. The zero-order chi connectivity index (χ0) is 17.2. The SMILES string of the molecule is O=C(NCc1ccccc1)Nc1cccc2c1C1CCCCN1C2=O. The van der Waals surface area contributed by atoms with E-state index < -0.39 is 0 Å². The summed E-state index contributed by atoms with van der Waals surface area (Å²) in [7, 11) is 0. The Hall–Kier alpha value is -2.82. The van der Waals surface area contributed by atoms with Crippen LogP contribution in [-0.4, -0.2) is 23.4 Å². The zero-order valence-corrected chi connectivity index (χ0v) is 14.0. The normalized spacial score (nSPS) is 18.5. The molecule has 5 nitrogen and oxygen atoms in total. The molecule has 3 amide bonds. The van der Waals surface area contributed by atoms with Crippen molar-refractivity contribution < 1.29 is 9.59 Å². The molecule has 5 heteroatoms. The number of carbonyl (C=O) groups excluding carboxylic acids is 2. The van der Waals surface area contributed by atoms with Crippen LogP contribution in [0, 0.1) is 0 Å². The number of carbonyl (C=O) groups is 2. The predicted octanol–water partition coefficient (Wildman–Crippen LogP) is 3.69. The summed E-state index contributed by atoms with van der Waals surface area (Å²) in [6.07, 6.45) is 3.13. The second kappa shape index (κ2) is 6.59. The summed E-state index contributed by atoms with van der Waals surface area (Å²) >= 11 is 0. The maximum Gasteiger partial charge on any atom is 0.319 e. The molecule has 0 bridgehead atoms. The Morgan fingerprint density at radius 3 is 2.76 bits per heavy atom. The maximum absolute atomic E-state index is 12.6. The molecule has 0 saturated carbocycles. The summed E-state index contributed by atoms with van der Waals surface area (Å²) < 4.78 is 0. The number of fused-ring (bicyclic) bond motifs is 3. The number of piperidine rings is 1. The first-order chi connectivity index (χ1) is 12.2. The molecule has 1 saturated heterocycles. The third-order valence-corrected chi connectivity index (χ3v) is 4.98. The van der Waals surface area contributed by atoms with E-state index in [4.69, 9.17) is 0 Å². The largest absolute Gasteiger partial charge is 0.334 e. The first-order valence-electron chi connectivity index (χ1n) is 8.77. The lowest BCUT2D eigenvalue weighted by Crippen LogP contribution is -2.32. The molecule has 2 aliphatic heterocycles. The van der Waals surface area contributed by atoms with Crippen molar-refractivity contribution in [2.24, 2.45) is 0 Å². The molecule has 1 unspecified atom stereocenters. The number of nitrogens with zero attached hydrogens (tertiary/aromatic N) is 1. The van der Waals surface area contributed by atoms with Crippen LogP contribution in [0.25, 0.3) is 0 Å². The van der Waals surface area contributed by atoms with Gasteiger partial charge in [0.2, 0.25) is 0 Å². The van der Waals surface area contributed by atoms with Crippen LogP contribution in [0.1, 0.15) is 46.8 Å². The van der Waals surface area contributed by atoms with Crippen molar-refractivity contribution in [2.45, 2.75) is 31.8 Å². The molecular formula is C20H21N3O2. The molecule has 0 aromatic heterocycles. The highest BCUT2D eigenvalue weighted by Gasteiger charge is 2.39. The van der Waals surface area contributed by atoms with Gasteiger partial charge in [0.1, 0.15) is 0 Å². The van der Waals surface area contributed by atoms with Crippen molar-refractivity contribution in [1.29, 1.82) is 0 Å². The van der Waals surface area contributed by atoms with Crippen molar-refractivity contribution in [2.75, 3.05) is 11.9 Å². The number of benzene rings is 2. The van der Waals surface area contributed by atoms with Crippen LogP contribution in [0.3, 0.4) is 0 Å². The Morgan fingerprint density at radius 1 is 1.08 bits per heavy atom. The third kappa shape index (κ3) is 2.97. The molecule has 2 aromatic carbocycles. The van der Waals surface area contributed by atoms with E-state index in [-0.39, 0.29) is 18.0 Å². The minimum absolute atomic E-state index is 0.0908. The minimum Gasteiger partial charge on any atom is -0.334 e. The standard InChI is InChI=1S/C20H21N3O2/c24-19-15-9-6-10-16(18(15)17-11-4-5-12-23(17)19)22-20(25)21-13-14-7-2-1-3-8-14/h1-3,6-10,17H,4-5,11-13H2,(H2,21,22,25). The Kier molecular flexibility index (Phi) is 4.14. The van der Waals surface area contributed by atoms with E-state index >= 15 is 0 Å². The third-order valence-electron chi connectivity index (χ3n) is 4.98. The van der Waals surface area contributed by atoms with Gasteiger partial charge in [0.25, 0.3) is 5.91 Å². The minimum atomic E-state index is -0.251. The Morgan fingerprint density at radius 2 is 1.92 bits per heavy atom. The van der Waals surface area contributed by atoms with Gasteiger partial charge in [-0.2, -0.15) is 0 Å². The van der Waals surface area contributed by atoms with Gasteiger partial charge >= 0.3 is 6.03 Å². The fourth-order valence-corrected chi connectivity index (χ4v) is 3.79. The van der Waals surface area contributed by atoms with Crippen molar-refractivity contribution in [1.82, 2.24) is 10.2 Å². The Labute approximate surface area is 147 Å². The maximum atomic E-state index is 12.6. The highest BCUT2D eigenvalue weighted by Crippen LogP contribution is 2.43. The van der Waals surface area contributed by atoms with Gasteiger partial charge in [0.15, 0.2) is 0 Å². The van der Waals surface area contributed by atoms with E-state index in [0.717, 1.165) is 48.2 Å². The first kappa shape index (κ1) is 15.7. The van der Waals surface area contributed by atoms with Crippen LogP contribution >= 0.6 is 0 Å². The number of urea groups is 1. The van der Waals surface area contributed by atoms with Gasteiger partial charge in [-0.15, -0.1) is 0 Å². The van der Waals surface area contributed by atoms with E-state index in [1.54, 1.807) is 0 Å². The van der Waals surface area contributed by atoms with Crippen molar-refractivity contribution >= 4 is 17.6 Å². The zero-order valence-electron chi connectivity index (χ0n) is 14.0. The number of amides is 3. The van der Waals surface area contributed by atoms with Crippen molar-refractivity contribution in [3.8, 4) is 0 Å². The highest BCUT2D eigenvalue weighted by atomic mass is 16.2. The number of nitrogens with one attached hydrogen (secondary N) is 2. The van der Waals surface area contributed by atoms with Crippen LogP contribution in [-0.2, 0) is 6.54 Å². The van der Waals surface area contributed by atoms with Crippen LogP contribution < -0.4 is 10.6 Å². The van der Waals surface area contributed by atoms with Crippen LogP contribution in [0.5, 0.6) is 0 Å². The summed E-state index contributed by atoms with van der Waals surface area (Å²) in [4.78, 5) is 26.8. The molecule has 128 valence electrons. The fraction of sp³-hybridized carbons (Fsp3) is 0.300. The summed E-state index contributed by atoms with van der Waals surface area (Å²) in [5.74, 6) is 0.0908. The summed E-state index contributed by atoms with van der Waals surface area (Å²) in [6, 6.07) is 15.2. The fourth-order valence-electron chi connectivity index (χ4n) is 3.79. The smallest absolute Gasteiger partial charge is 0.319 e. The second-order valence-electron chi connectivity index (χ2n) is 6.57. The molecule has 25 heavy (non-hydrogen) atoms. The van der Waals surface area contributed by atoms with Crippen molar-refractivity contribution in [3.63, 3.8) is 0 Å². The van der Waals surface area contributed by atoms with E-state index in [9.17, 15) is 9.59 Å². The molecule has 2 aromatic rings.